The Hall–Kier alpha value is 0.501. The van der Waals surface area contributed by atoms with Gasteiger partial charge >= 0.3 is 21.7 Å². The van der Waals surface area contributed by atoms with E-state index < -0.39 is 8.07 Å². The van der Waals surface area contributed by atoms with Crippen LogP contribution in [0.15, 0.2) is 35.0 Å². The van der Waals surface area contributed by atoms with E-state index in [2.05, 4.69) is 63.8 Å². The van der Waals surface area contributed by atoms with Crippen molar-refractivity contribution in [3.63, 3.8) is 0 Å². The summed E-state index contributed by atoms with van der Waals surface area (Å²) in [5.74, 6) is 0. The Labute approximate surface area is 170 Å². The Kier molecular flexibility index (Phi) is 13.8. The quantitative estimate of drug-likeness (QED) is 0.351. The van der Waals surface area contributed by atoms with Crippen LogP contribution in [0.1, 0.15) is 23.1 Å². The van der Waals surface area contributed by atoms with E-state index in [1.807, 2.05) is 0 Å². The molecule has 0 unspecified atom stereocenters. The van der Waals surface area contributed by atoms with Crippen LogP contribution in [0, 0.1) is 19.9 Å². The first-order valence-corrected chi connectivity index (χ1v) is 10.2. The molecular formula is C17H23Cl3SiTi. The standard InChI is InChI=1S/C17H23Si.3ClH.Ti/c1-13-8-14(2)10-16(9-13)11-15-6-7-17(12-15)18(3,4)5;;;;/h7-10H,6,11H2,1-5H3;3*1H;/q-1;;;;+4/p-3. The molecule has 0 saturated heterocycles. The van der Waals surface area contributed by atoms with Gasteiger partial charge in [0.1, 0.15) is 0 Å². The van der Waals surface area contributed by atoms with Gasteiger partial charge < -0.3 is 37.2 Å². The van der Waals surface area contributed by atoms with E-state index in [9.17, 15) is 0 Å². The van der Waals surface area contributed by atoms with Crippen molar-refractivity contribution in [2.45, 2.75) is 46.3 Å². The van der Waals surface area contributed by atoms with Crippen LogP contribution in [0.5, 0.6) is 0 Å². The van der Waals surface area contributed by atoms with Crippen LogP contribution in [0.4, 0.5) is 0 Å². The Morgan fingerprint density at radius 2 is 1.45 bits per heavy atom. The van der Waals surface area contributed by atoms with Crippen LogP contribution < -0.4 is 37.2 Å². The van der Waals surface area contributed by atoms with Crippen LogP contribution in [-0.2, 0) is 28.1 Å². The Balaban J connectivity index is -0.000000902. The number of aryl methyl sites for hydroxylation is 2. The molecule has 5 heteroatoms. The van der Waals surface area contributed by atoms with E-state index in [0.717, 1.165) is 12.8 Å². The molecule has 0 nitrogen and oxygen atoms in total. The van der Waals surface area contributed by atoms with Crippen molar-refractivity contribution >= 4 is 8.07 Å². The molecule has 120 valence electrons. The summed E-state index contributed by atoms with van der Waals surface area (Å²) in [4.78, 5) is 0. The predicted molar refractivity (Wildman–Crippen MR) is 82.4 cm³/mol. The maximum absolute atomic E-state index is 3.66. The zero-order valence-electron chi connectivity index (χ0n) is 13.9. The molecule has 0 atom stereocenters. The summed E-state index contributed by atoms with van der Waals surface area (Å²) in [6.45, 7) is 11.5. The van der Waals surface area contributed by atoms with Crippen molar-refractivity contribution < 1.29 is 58.9 Å². The Bertz CT molecular complexity index is 511. The fraction of sp³-hybridized carbons (Fsp3) is 0.412. The second kappa shape index (κ2) is 11.1. The summed E-state index contributed by atoms with van der Waals surface area (Å²) in [5.41, 5.74) is 5.61. The molecule has 0 spiro atoms. The van der Waals surface area contributed by atoms with Gasteiger partial charge in [0.25, 0.3) is 0 Å². The van der Waals surface area contributed by atoms with E-state index in [1.54, 1.807) is 0 Å². The summed E-state index contributed by atoms with van der Waals surface area (Å²) in [7, 11) is -1.18. The van der Waals surface area contributed by atoms with Gasteiger partial charge in [0.2, 0.25) is 0 Å². The normalized spacial score (nSPS) is 12.8. The average molecular weight is 410 g/mol. The van der Waals surface area contributed by atoms with Gasteiger partial charge in [0.15, 0.2) is 0 Å². The van der Waals surface area contributed by atoms with Crippen molar-refractivity contribution in [1.82, 2.24) is 0 Å². The molecular weight excluding hydrogens is 386 g/mol. The van der Waals surface area contributed by atoms with E-state index in [1.165, 1.54) is 27.5 Å². The van der Waals surface area contributed by atoms with Gasteiger partial charge in [-0.1, -0.05) is 55.4 Å². The van der Waals surface area contributed by atoms with E-state index in [-0.39, 0.29) is 58.9 Å². The molecule has 1 aliphatic rings. The van der Waals surface area contributed by atoms with Gasteiger partial charge in [-0.15, -0.1) is 0 Å². The van der Waals surface area contributed by atoms with E-state index in [0.29, 0.717) is 0 Å². The first-order chi connectivity index (χ1) is 8.34. The molecule has 22 heavy (non-hydrogen) atoms. The van der Waals surface area contributed by atoms with Crippen LogP contribution >= 0.6 is 0 Å². The maximum Gasteiger partial charge on any atom is 4.00 e. The van der Waals surface area contributed by atoms with Crippen LogP contribution in [-0.4, -0.2) is 8.07 Å². The number of hydrogen-bond acceptors (Lipinski definition) is 0. The predicted octanol–water partition coefficient (Wildman–Crippen LogP) is -4.21. The van der Waals surface area contributed by atoms with E-state index in [4.69, 9.17) is 0 Å². The molecule has 0 saturated carbocycles. The minimum Gasteiger partial charge on any atom is -1.00 e. The molecule has 0 aliphatic heterocycles. The van der Waals surface area contributed by atoms with Crippen molar-refractivity contribution in [1.29, 1.82) is 0 Å². The third-order valence-corrected chi connectivity index (χ3v) is 5.32. The first kappa shape index (κ1) is 27.4. The second-order valence-corrected chi connectivity index (χ2v) is 11.5. The van der Waals surface area contributed by atoms with Crippen molar-refractivity contribution in [2.75, 3.05) is 0 Å². The van der Waals surface area contributed by atoms with Gasteiger partial charge in [0.05, 0.1) is 0 Å². The van der Waals surface area contributed by atoms with Crippen LogP contribution in [0.3, 0.4) is 0 Å². The first-order valence-electron chi connectivity index (χ1n) is 6.74. The minimum absolute atomic E-state index is 0. The zero-order valence-corrected chi connectivity index (χ0v) is 18.7. The maximum atomic E-state index is 3.66. The third kappa shape index (κ3) is 7.86. The van der Waals surface area contributed by atoms with Gasteiger partial charge in [-0.05, 0) is 25.8 Å². The molecule has 0 fully saturated rings. The van der Waals surface area contributed by atoms with Gasteiger partial charge in [0, 0.05) is 8.07 Å². The molecule has 0 radical (unpaired) electrons. The van der Waals surface area contributed by atoms with Crippen LogP contribution in [0.25, 0.3) is 0 Å². The largest absolute Gasteiger partial charge is 4.00 e. The van der Waals surface area contributed by atoms with Crippen LogP contribution in [0.2, 0.25) is 19.6 Å². The molecule has 0 amide bonds. The topological polar surface area (TPSA) is 0 Å². The molecule has 2 rings (SSSR count). The molecule has 0 heterocycles. The summed E-state index contributed by atoms with van der Waals surface area (Å²) >= 11 is 0. The molecule has 1 aliphatic carbocycles. The number of benzene rings is 1. The third-order valence-electron chi connectivity index (χ3n) is 3.37. The van der Waals surface area contributed by atoms with Crippen molar-refractivity contribution in [3.8, 4) is 0 Å². The number of rotatable bonds is 3. The number of allylic oxidation sites excluding steroid dienone is 4. The molecule has 0 N–H and O–H groups in total. The summed E-state index contributed by atoms with van der Waals surface area (Å²) in [5, 5.41) is 1.50. The van der Waals surface area contributed by atoms with Crippen molar-refractivity contribution in [2.24, 2.45) is 0 Å². The summed E-state index contributed by atoms with van der Waals surface area (Å²) < 4.78 is 0. The summed E-state index contributed by atoms with van der Waals surface area (Å²) in [6, 6.07) is 6.84. The fourth-order valence-electron chi connectivity index (χ4n) is 2.55. The van der Waals surface area contributed by atoms with Crippen molar-refractivity contribution in [3.05, 3.63) is 57.8 Å². The molecule has 0 bridgehead atoms. The van der Waals surface area contributed by atoms with E-state index >= 15 is 0 Å². The number of halogens is 3. The van der Waals surface area contributed by atoms with Gasteiger partial charge in [-0.25, -0.2) is 11.3 Å². The monoisotopic (exact) mass is 408 g/mol. The fourth-order valence-corrected chi connectivity index (χ4v) is 3.81. The average Bonchev–Trinajstić information content (AvgIpc) is 2.63. The second-order valence-electron chi connectivity index (χ2n) is 6.47. The smallest absolute Gasteiger partial charge is 1.00 e. The summed E-state index contributed by atoms with van der Waals surface area (Å²) in [6.07, 6.45) is 8.22. The molecule has 1 aromatic rings. The number of hydrogen-bond donors (Lipinski definition) is 0. The minimum atomic E-state index is -1.18. The van der Waals surface area contributed by atoms with Gasteiger partial charge in [-0.3, -0.25) is 6.08 Å². The van der Waals surface area contributed by atoms with Gasteiger partial charge in [-0.2, -0.15) is 5.57 Å². The molecule has 1 aromatic carbocycles. The Morgan fingerprint density at radius 1 is 0.955 bits per heavy atom. The molecule has 0 aromatic heterocycles. The zero-order chi connectivity index (χ0) is 13.3. The Morgan fingerprint density at radius 3 is 1.86 bits per heavy atom. The SMILES string of the molecule is Cc1cc(C)cc(CC2=[C-]C([Si](C)(C)C)=CC2)c1.[Cl-].[Cl-].[Cl-].[Ti+4].